The highest BCUT2D eigenvalue weighted by Crippen LogP contribution is 2.27. The van der Waals surface area contributed by atoms with Crippen molar-refractivity contribution in [3.63, 3.8) is 0 Å². The number of rotatable bonds is 7. The molecule has 7 heteroatoms. The fraction of sp³-hybridized carbons (Fsp3) is 0.667. The Kier molecular flexibility index (Phi) is 5.95. The summed E-state index contributed by atoms with van der Waals surface area (Å²) in [6.07, 6.45) is 4.31. The van der Waals surface area contributed by atoms with Crippen LogP contribution in [0.25, 0.3) is 0 Å². The quantitative estimate of drug-likeness (QED) is 0.332. The molecule has 1 heterocycles. The molecule has 1 rings (SSSR count). The third-order valence-corrected chi connectivity index (χ3v) is 3.00. The Morgan fingerprint density at radius 2 is 2.16 bits per heavy atom. The summed E-state index contributed by atoms with van der Waals surface area (Å²) in [6, 6.07) is 0.113. The van der Waals surface area contributed by atoms with Gasteiger partial charge >= 0.3 is 5.69 Å². The van der Waals surface area contributed by atoms with Crippen LogP contribution < -0.4 is 4.90 Å². The van der Waals surface area contributed by atoms with Gasteiger partial charge in [-0.15, -0.1) is 0 Å². The second-order valence-corrected chi connectivity index (χ2v) is 4.94. The molecule has 0 fully saturated rings. The molecule has 0 unspecified atom stereocenters. The molecule has 0 radical (unpaired) electrons. The van der Waals surface area contributed by atoms with Crippen molar-refractivity contribution in [1.82, 2.24) is 9.97 Å². The lowest BCUT2D eigenvalue weighted by molar-refractivity contribution is -0.384. The van der Waals surface area contributed by atoms with E-state index in [1.54, 1.807) is 0 Å². The number of aromatic nitrogens is 2. The minimum atomic E-state index is -0.471. The van der Waals surface area contributed by atoms with Gasteiger partial charge in [-0.05, 0) is 31.9 Å². The van der Waals surface area contributed by atoms with Crippen molar-refractivity contribution in [3.8, 4) is 0 Å². The van der Waals surface area contributed by atoms with E-state index < -0.39 is 4.92 Å². The molecule has 1 aromatic rings. The maximum atomic E-state index is 11.0. The predicted molar refractivity (Wildman–Crippen MR) is 75.7 cm³/mol. The highest BCUT2D eigenvalue weighted by molar-refractivity contribution is 6.28. The molecule has 0 bridgehead atoms. The van der Waals surface area contributed by atoms with Gasteiger partial charge in [-0.3, -0.25) is 10.1 Å². The van der Waals surface area contributed by atoms with Gasteiger partial charge in [-0.2, -0.15) is 4.98 Å². The molecule has 0 spiro atoms. The molecule has 19 heavy (non-hydrogen) atoms. The number of unbranched alkanes of at least 4 members (excludes halogenated alkanes) is 2. The van der Waals surface area contributed by atoms with Crippen molar-refractivity contribution in [3.05, 3.63) is 21.6 Å². The summed E-state index contributed by atoms with van der Waals surface area (Å²) in [4.78, 5) is 20.2. The Bertz CT molecular complexity index is 440. The standard InChI is InChI=1S/C12H19ClN4O2/c1-4-5-6-7-16(9(2)3)11-10(17(18)19)8-14-12(13)15-11/h8-9H,4-7H2,1-3H3. The minimum Gasteiger partial charge on any atom is -0.348 e. The van der Waals surface area contributed by atoms with Crippen LogP contribution in [0.4, 0.5) is 11.5 Å². The monoisotopic (exact) mass is 286 g/mol. The first-order chi connectivity index (χ1) is 8.97. The van der Waals surface area contributed by atoms with E-state index >= 15 is 0 Å². The molecular formula is C12H19ClN4O2. The smallest absolute Gasteiger partial charge is 0.329 e. The summed E-state index contributed by atoms with van der Waals surface area (Å²) < 4.78 is 0. The van der Waals surface area contributed by atoms with Crippen LogP contribution in [-0.4, -0.2) is 27.5 Å². The molecule has 0 saturated heterocycles. The van der Waals surface area contributed by atoms with Crippen LogP contribution in [0.15, 0.2) is 6.20 Å². The van der Waals surface area contributed by atoms with E-state index in [1.165, 1.54) is 6.20 Å². The molecule has 0 saturated carbocycles. The summed E-state index contributed by atoms with van der Waals surface area (Å²) in [5.41, 5.74) is -0.102. The first kappa shape index (κ1) is 15.6. The Morgan fingerprint density at radius 3 is 2.68 bits per heavy atom. The highest BCUT2D eigenvalue weighted by atomic mass is 35.5. The molecule has 0 N–H and O–H groups in total. The first-order valence-corrected chi connectivity index (χ1v) is 6.78. The van der Waals surface area contributed by atoms with Gasteiger partial charge in [0, 0.05) is 12.6 Å². The average molecular weight is 287 g/mol. The fourth-order valence-electron chi connectivity index (χ4n) is 1.83. The van der Waals surface area contributed by atoms with Crippen LogP contribution >= 0.6 is 11.6 Å². The largest absolute Gasteiger partial charge is 0.348 e. The number of nitrogens with zero attached hydrogens (tertiary/aromatic N) is 4. The molecule has 0 amide bonds. The van der Waals surface area contributed by atoms with Gasteiger partial charge < -0.3 is 4.90 Å². The van der Waals surface area contributed by atoms with Gasteiger partial charge in [-0.25, -0.2) is 4.98 Å². The van der Waals surface area contributed by atoms with Crippen LogP contribution in [0.3, 0.4) is 0 Å². The number of anilines is 1. The van der Waals surface area contributed by atoms with Gasteiger partial charge in [0.1, 0.15) is 6.20 Å². The SMILES string of the molecule is CCCCCN(c1nc(Cl)ncc1[N+](=O)[O-])C(C)C. The van der Waals surface area contributed by atoms with E-state index in [0.717, 1.165) is 25.8 Å². The van der Waals surface area contributed by atoms with Gasteiger partial charge in [0.2, 0.25) is 11.1 Å². The van der Waals surface area contributed by atoms with E-state index in [4.69, 9.17) is 11.6 Å². The molecule has 0 aliphatic heterocycles. The minimum absolute atomic E-state index is 0.0294. The lowest BCUT2D eigenvalue weighted by atomic mass is 10.2. The second-order valence-electron chi connectivity index (χ2n) is 4.60. The Hall–Kier alpha value is -1.43. The maximum absolute atomic E-state index is 11.0. The van der Waals surface area contributed by atoms with E-state index in [1.807, 2.05) is 18.7 Å². The lowest BCUT2D eigenvalue weighted by Crippen LogP contribution is -2.33. The Labute approximate surface area is 118 Å². The third-order valence-electron chi connectivity index (χ3n) is 2.82. The van der Waals surface area contributed by atoms with Gasteiger partial charge in [0.15, 0.2) is 0 Å². The Morgan fingerprint density at radius 1 is 1.47 bits per heavy atom. The van der Waals surface area contributed by atoms with Crippen molar-refractivity contribution in [1.29, 1.82) is 0 Å². The van der Waals surface area contributed by atoms with Crippen LogP contribution in [-0.2, 0) is 0 Å². The van der Waals surface area contributed by atoms with Crippen molar-refractivity contribution >= 4 is 23.1 Å². The number of hydrogen-bond acceptors (Lipinski definition) is 5. The molecule has 0 atom stereocenters. The zero-order valence-corrected chi connectivity index (χ0v) is 12.2. The van der Waals surface area contributed by atoms with Gasteiger partial charge in [-0.1, -0.05) is 19.8 Å². The molecule has 106 valence electrons. The molecule has 0 aliphatic rings. The number of nitro groups is 1. The van der Waals surface area contributed by atoms with E-state index in [9.17, 15) is 10.1 Å². The number of halogens is 1. The van der Waals surface area contributed by atoms with Gasteiger partial charge in [0.25, 0.3) is 0 Å². The van der Waals surface area contributed by atoms with Crippen molar-refractivity contribution in [2.45, 2.75) is 46.1 Å². The van der Waals surface area contributed by atoms with E-state index in [0.29, 0.717) is 5.82 Å². The van der Waals surface area contributed by atoms with E-state index in [-0.39, 0.29) is 17.0 Å². The zero-order chi connectivity index (χ0) is 14.4. The predicted octanol–water partition coefficient (Wildman–Crippen LogP) is 3.44. The summed E-state index contributed by atoms with van der Waals surface area (Å²) in [5, 5.41) is 11.1. The maximum Gasteiger partial charge on any atom is 0.329 e. The highest BCUT2D eigenvalue weighted by Gasteiger charge is 2.24. The van der Waals surface area contributed by atoms with Crippen LogP contribution in [0, 0.1) is 10.1 Å². The van der Waals surface area contributed by atoms with Crippen molar-refractivity contribution in [2.75, 3.05) is 11.4 Å². The van der Waals surface area contributed by atoms with Crippen LogP contribution in [0.1, 0.15) is 40.0 Å². The van der Waals surface area contributed by atoms with Crippen LogP contribution in [0.2, 0.25) is 5.28 Å². The topological polar surface area (TPSA) is 72.2 Å². The molecule has 1 aromatic heterocycles. The first-order valence-electron chi connectivity index (χ1n) is 6.41. The lowest BCUT2D eigenvalue weighted by Gasteiger charge is -2.27. The molecule has 0 aromatic carbocycles. The summed E-state index contributed by atoms with van der Waals surface area (Å²) in [5.74, 6) is 0.302. The van der Waals surface area contributed by atoms with Crippen LogP contribution in [0.5, 0.6) is 0 Å². The second kappa shape index (κ2) is 7.23. The zero-order valence-electron chi connectivity index (χ0n) is 11.5. The average Bonchev–Trinajstić information content (AvgIpc) is 2.33. The van der Waals surface area contributed by atoms with Crippen molar-refractivity contribution < 1.29 is 4.92 Å². The molecule has 0 aliphatic carbocycles. The summed E-state index contributed by atoms with van der Waals surface area (Å²) >= 11 is 5.76. The fourth-order valence-corrected chi connectivity index (χ4v) is 1.96. The molecule has 6 nitrogen and oxygen atoms in total. The Balaban J connectivity index is 3.06. The van der Waals surface area contributed by atoms with E-state index in [2.05, 4.69) is 16.9 Å². The normalized spacial score (nSPS) is 10.8. The molecular weight excluding hydrogens is 268 g/mol. The summed E-state index contributed by atoms with van der Waals surface area (Å²) in [7, 11) is 0. The van der Waals surface area contributed by atoms with Gasteiger partial charge in [0.05, 0.1) is 4.92 Å². The summed E-state index contributed by atoms with van der Waals surface area (Å²) in [6.45, 7) is 6.79. The number of hydrogen-bond donors (Lipinski definition) is 0. The van der Waals surface area contributed by atoms with Crippen molar-refractivity contribution in [2.24, 2.45) is 0 Å². The third kappa shape index (κ3) is 4.31.